The zero-order valence-corrected chi connectivity index (χ0v) is 28.1. The summed E-state index contributed by atoms with van der Waals surface area (Å²) >= 11 is 0.963. The molecule has 0 radical (unpaired) electrons. The minimum Gasteiger partial charge on any atom is -0.494 e. The predicted molar refractivity (Wildman–Crippen MR) is 170 cm³/mol. The lowest BCUT2D eigenvalue weighted by Crippen LogP contribution is -2.42. The summed E-state index contributed by atoms with van der Waals surface area (Å²) in [5.41, 5.74) is 0.543. The lowest BCUT2D eigenvalue weighted by atomic mass is 9.81. The van der Waals surface area contributed by atoms with E-state index < -0.39 is 61.2 Å². The van der Waals surface area contributed by atoms with Crippen LogP contribution < -0.4 is 4.74 Å². The number of thioether (sulfide) groups is 1. The Kier molecular flexibility index (Phi) is 11.1. The number of carboxylic acids is 1. The molecule has 1 aromatic heterocycles. The van der Waals surface area contributed by atoms with Crippen molar-refractivity contribution in [2.45, 2.75) is 67.3 Å². The zero-order chi connectivity index (χ0) is 34.7. The summed E-state index contributed by atoms with van der Waals surface area (Å²) in [6.45, 7) is 5.57. The topological polar surface area (TPSA) is 102 Å². The lowest BCUT2D eigenvalue weighted by molar-refractivity contribution is -0.141. The molecular weight excluding hydrogens is 659 g/mol. The molecule has 0 saturated carbocycles. The molecule has 1 atom stereocenters. The Bertz CT molecular complexity index is 1840. The standard InChI is InChI=1S/C33H35F4N3O5S2/c1-6-7-8-28(31(41)42)39(4)47(43,44)23-16-26(36)24(27(37)17-23)19-46-32-38-18-30(40(32)22-12-10-21(34)11-13-22)33(2,3)20-9-14-25(35)29(15-20)45-5/h9-18,28H,6-8,19H2,1-5H3,(H,41,42)/t28-/m0/s1. The molecule has 4 aromatic rings. The maximum atomic E-state index is 15.4. The highest BCUT2D eigenvalue weighted by molar-refractivity contribution is 7.98. The van der Waals surface area contributed by atoms with Crippen LogP contribution in [0.25, 0.3) is 5.69 Å². The smallest absolute Gasteiger partial charge is 0.322 e. The summed E-state index contributed by atoms with van der Waals surface area (Å²) in [7, 11) is -2.13. The number of methoxy groups -OCH3 is 1. The second-order valence-electron chi connectivity index (χ2n) is 11.4. The van der Waals surface area contributed by atoms with Crippen LogP contribution in [0.2, 0.25) is 0 Å². The van der Waals surface area contributed by atoms with Gasteiger partial charge in [-0.25, -0.2) is 31.0 Å². The second-order valence-corrected chi connectivity index (χ2v) is 14.3. The number of nitrogens with zero attached hydrogens (tertiary/aromatic N) is 3. The number of rotatable bonds is 14. The van der Waals surface area contributed by atoms with Gasteiger partial charge in [0.2, 0.25) is 10.0 Å². The van der Waals surface area contributed by atoms with Crippen LogP contribution in [0.3, 0.4) is 0 Å². The van der Waals surface area contributed by atoms with Crippen molar-refractivity contribution in [1.82, 2.24) is 13.9 Å². The Labute approximate surface area is 275 Å². The number of unbranched alkanes of at least 4 members (excludes halogenated alkanes) is 1. The predicted octanol–water partition coefficient (Wildman–Crippen LogP) is 7.32. The molecule has 252 valence electrons. The maximum Gasteiger partial charge on any atom is 0.322 e. The first-order chi connectivity index (χ1) is 22.1. The number of halogens is 4. The molecule has 0 aliphatic heterocycles. The molecule has 0 aliphatic carbocycles. The molecule has 0 unspecified atom stereocenters. The molecule has 47 heavy (non-hydrogen) atoms. The molecular formula is C33H35F4N3O5S2. The normalized spacial score (nSPS) is 12.8. The fourth-order valence-corrected chi connectivity index (χ4v) is 7.49. The average Bonchev–Trinajstić information content (AvgIpc) is 3.45. The van der Waals surface area contributed by atoms with Crippen LogP contribution in [0.15, 0.2) is 70.8 Å². The minimum absolute atomic E-state index is 0.0372. The van der Waals surface area contributed by atoms with E-state index in [1.807, 2.05) is 20.8 Å². The lowest BCUT2D eigenvalue weighted by Gasteiger charge is -2.28. The molecule has 0 spiro atoms. The van der Waals surface area contributed by atoms with Gasteiger partial charge in [0.05, 0.1) is 23.9 Å². The molecule has 0 saturated heterocycles. The molecule has 0 fully saturated rings. The molecule has 0 aliphatic rings. The van der Waals surface area contributed by atoms with Gasteiger partial charge in [-0.05, 0) is 60.5 Å². The Balaban J connectivity index is 1.70. The van der Waals surface area contributed by atoms with Crippen molar-refractivity contribution in [3.63, 3.8) is 0 Å². The van der Waals surface area contributed by atoms with Crippen molar-refractivity contribution in [2.75, 3.05) is 14.2 Å². The van der Waals surface area contributed by atoms with Crippen LogP contribution in [0.4, 0.5) is 17.6 Å². The maximum absolute atomic E-state index is 15.4. The Morgan fingerprint density at radius 2 is 1.68 bits per heavy atom. The van der Waals surface area contributed by atoms with E-state index >= 15 is 8.78 Å². The van der Waals surface area contributed by atoms with E-state index in [9.17, 15) is 27.1 Å². The van der Waals surface area contributed by atoms with E-state index in [0.717, 1.165) is 18.8 Å². The van der Waals surface area contributed by atoms with E-state index in [0.29, 0.717) is 51.4 Å². The van der Waals surface area contributed by atoms with Crippen LogP contribution in [0, 0.1) is 23.3 Å². The van der Waals surface area contributed by atoms with Gasteiger partial charge in [-0.3, -0.25) is 9.36 Å². The molecule has 14 heteroatoms. The van der Waals surface area contributed by atoms with Gasteiger partial charge < -0.3 is 9.84 Å². The van der Waals surface area contributed by atoms with Gasteiger partial charge in [-0.1, -0.05) is 51.4 Å². The van der Waals surface area contributed by atoms with E-state index in [-0.39, 0.29) is 17.9 Å². The first kappa shape index (κ1) is 36.0. The highest BCUT2D eigenvalue weighted by atomic mass is 32.2. The fourth-order valence-electron chi connectivity index (χ4n) is 5.11. The molecule has 8 nitrogen and oxygen atoms in total. The van der Waals surface area contributed by atoms with Crippen LogP contribution >= 0.6 is 11.8 Å². The number of likely N-dealkylation sites (N-methyl/N-ethyl adjacent to an activating group) is 1. The van der Waals surface area contributed by atoms with Gasteiger partial charge in [-0.15, -0.1) is 0 Å². The number of aromatic nitrogens is 2. The number of hydrogen-bond donors (Lipinski definition) is 1. The Morgan fingerprint density at radius 1 is 1.04 bits per heavy atom. The number of benzene rings is 3. The van der Waals surface area contributed by atoms with E-state index in [4.69, 9.17) is 4.74 Å². The van der Waals surface area contributed by atoms with Gasteiger partial charge in [0.15, 0.2) is 16.7 Å². The number of aliphatic carboxylic acids is 1. The SMILES string of the molecule is CCCC[C@@H](C(=O)O)N(C)S(=O)(=O)c1cc(F)c(CSc2ncc(C(C)(C)c3ccc(F)c(OC)c3)n2-c2ccc(F)cc2)c(F)c1. The molecule has 0 amide bonds. The van der Waals surface area contributed by atoms with Crippen LogP contribution in [-0.2, 0) is 26.0 Å². The first-order valence-electron chi connectivity index (χ1n) is 14.6. The van der Waals surface area contributed by atoms with Crippen LogP contribution in [-0.4, -0.2) is 53.5 Å². The number of hydrogen-bond acceptors (Lipinski definition) is 6. The van der Waals surface area contributed by atoms with Crippen molar-refractivity contribution >= 4 is 27.8 Å². The number of sulfonamides is 1. The number of carboxylic acid groups (broad SMARTS) is 1. The monoisotopic (exact) mass is 693 g/mol. The van der Waals surface area contributed by atoms with Gasteiger partial charge in [0, 0.05) is 29.5 Å². The number of carbonyl (C=O) groups is 1. The third-order valence-electron chi connectivity index (χ3n) is 8.02. The second kappa shape index (κ2) is 14.5. The highest BCUT2D eigenvalue weighted by Gasteiger charge is 2.34. The summed E-state index contributed by atoms with van der Waals surface area (Å²) in [5, 5.41) is 9.87. The average molecular weight is 694 g/mol. The summed E-state index contributed by atoms with van der Waals surface area (Å²) in [4.78, 5) is 15.6. The van der Waals surface area contributed by atoms with Crippen molar-refractivity contribution < 1.29 is 40.6 Å². The number of ether oxygens (including phenoxy) is 1. The molecule has 1 heterocycles. The van der Waals surface area contributed by atoms with Crippen molar-refractivity contribution in [2.24, 2.45) is 0 Å². The minimum atomic E-state index is -4.55. The van der Waals surface area contributed by atoms with Gasteiger partial charge in [-0.2, -0.15) is 4.31 Å². The largest absolute Gasteiger partial charge is 0.494 e. The van der Waals surface area contributed by atoms with Crippen molar-refractivity contribution in [1.29, 1.82) is 0 Å². The van der Waals surface area contributed by atoms with Crippen molar-refractivity contribution in [3.8, 4) is 11.4 Å². The highest BCUT2D eigenvalue weighted by Crippen LogP contribution is 2.39. The van der Waals surface area contributed by atoms with Gasteiger partial charge in [0.25, 0.3) is 0 Å². The van der Waals surface area contributed by atoms with E-state index in [1.165, 1.54) is 37.4 Å². The molecule has 1 N–H and O–H groups in total. The summed E-state index contributed by atoms with van der Waals surface area (Å²) in [6, 6.07) is 9.95. The quantitative estimate of drug-likeness (QED) is 0.109. The van der Waals surface area contributed by atoms with Gasteiger partial charge in [0.1, 0.15) is 23.5 Å². The molecule has 3 aromatic carbocycles. The Morgan fingerprint density at radius 3 is 2.26 bits per heavy atom. The van der Waals surface area contributed by atoms with Gasteiger partial charge >= 0.3 is 5.97 Å². The van der Waals surface area contributed by atoms with E-state index in [1.54, 1.807) is 22.9 Å². The molecule has 0 bridgehead atoms. The third kappa shape index (κ3) is 7.49. The third-order valence-corrected chi connectivity index (χ3v) is 10.8. The summed E-state index contributed by atoms with van der Waals surface area (Å²) in [5.74, 6) is -4.91. The fraction of sp³-hybridized carbons (Fsp3) is 0.333. The Hall–Kier alpha value is -3.88. The van der Waals surface area contributed by atoms with E-state index in [2.05, 4.69) is 4.98 Å². The summed E-state index contributed by atoms with van der Waals surface area (Å²) in [6.07, 6.45) is 2.68. The zero-order valence-electron chi connectivity index (χ0n) is 26.4. The molecule has 4 rings (SSSR count). The summed E-state index contributed by atoms with van der Waals surface area (Å²) < 4.78 is 92.7. The number of imidazole rings is 1. The van der Waals surface area contributed by atoms with Crippen LogP contribution in [0.5, 0.6) is 5.75 Å². The van der Waals surface area contributed by atoms with Crippen LogP contribution in [0.1, 0.15) is 56.9 Å². The first-order valence-corrected chi connectivity index (χ1v) is 17.1. The van der Waals surface area contributed by atoms with Crippen molar-refractivity contribution in [3.05, 3.63) is 101 Å².